The Morgan fingerprint density at radius 3 is 2.67 bits per heavy atom. The van der Waals surface area contributed by atoms with Gasteiger partial charge in [-0.3, -0.25) is 19.5 Å². The molecule has 0 spiro atoms. The molecule has 1 aliphatic heterocycles. The minimum Gasteiger partial charge on any atom is -0.507 e. The van der Waals surface area contributed by atoms with Gasteiger partial charge < -0.3 is 9.84 Å². The summed E-state index contributed by atoms with van der Waals surface area (Å²) in [4.78, 5) is 36.5. The fraction of sp³-hybridized carbons (Fsp3) is 0.154. The van der Waals surface area contributed by atoms with Gasteiger partial charge in [-0.1, -0.05) is 35.9 Å². The van der Waals surface area contributed by atoms with E-state index >= 15 is 0 Å². The van der Waals surface area contributed by atoms with Crippen LogP contribution in [0.5, 0.6) is 5.75 Å². The number of amides is 1. The summed E-state index contributed by atoms with van der Waals surface area (Å²) in [6.07, 6.45) is 2.38. The second kappa shape index (κ2) is 9.67. The van der Waals surface area contributed by atoms with E-state index in [1.807, 2.05) is 6.92 Å². The number of thiazole rings is 1. The lowest BCUT2D eigenvalue weighted by Gasteiger charge is -2.21. The van der Waals surface area contributed by atoms with Gasteiger partial charge in [0, 0.05) is 11.8 Å². The number of carbonyl (C=O) groups is 2. The molecule has 0 saturated carbocycles. The van der Waals surface area contributed by atoms with Crippen LogP contribution in [-0.4, -0.2) is 33.4 Å². The summed E-state index contributed by atoms with van der Waals surface area (Å²) in [5.74, 6) is -2.09. The van der Waals surface area contributed by atoms with Gasteiger partial charge in [0.2, 0.25) is 0 Å². The highest BCUT2D eigenvalue weighted by atomic mass is 35.5. The van der Waals surface area contributed by atoms with Crippen LogP contribution in [0.2, 0.25) is 5.02 Å². The van der Waals surface area contributed by atoms with E-state index in [1.54, 1.807) is 42.5 Å². The number of Topliss-reactive ketones (excluding diaryl/α,β-unsaturated/α-hetero) is 1. The second-order valence-corrected chi connectivity index (χ2v) is 9.44. The molecule has 182 valence electrons. The first kappa shape index (κ1) is 23.9. The molecule has 4 aromatic rings. The summed E-state index contributed by atoms with van der Waals surface area (Å²) in [7, 11) is 0. The van der Waals surface area contributed by atoms with Crippen molar-refractivity contribution >= 4 is 55.7 Å². The van der Waals surface area contributed by atoms with Crippen LogP contribution < -0.4 is 9.64 Å². The number of aromatic nitrogens is 2. The molecule has 1 aliphatic rings. The van der Waals surface area contributed by atoms with Crippen LogP contribution in [0.4, 0.5) is 9.52 Å². The summed E-state index contributed by atoms with van der Waals surface area (Å²) < 4.78 is 20.1. The Balaban J connectivity index is 1.64. The van der Waals surface area contributed by atoms with Crippen molar-refractivity contribution in [1.82, 2.24) is 9.97 Å². The molecule has 7 nitrogen and oxygen atoms in total. The number of pyridine rings is 1. The van der Waals surface area contributed by atoms with E-state index in [9.17, 15) is 19.1 Å². The Labute approximate surface area is 214 Å². The lowest BCUT2D eigenvalue weighted by atomic mass is 9.98. The van der Waals surface area contributed by atoms with Crippen molar-refractivity contribution in [1.29, 1.82) is 0 Å². The van der Waals surface area contributed by atoms with E-state index in [0.717, 1.165) is 17.8 Å². The van der Waals surface area contributed by atoms with Crippen molar-refractivity contribution in [3.05, 3.63) is 88.5 Å². The molecule has 1 N–H and O–H groups in total. The number of hydrogen-bond donors (Lipinski definition) is 1. The van der Waals surface area contributed by atoms with E-state index < -0.39 is 23.5 Å². The molecule has 3 heterocycles. The highest BCUT2D eigenvalue weighted by molar-refractivity contribution is 7.22. The molecule has 2 aromatic carbocycles. The Hall–Kier alpha value is -3.82. The number of aliphatic hydroxyl groups is 1. The van der Waals surface area contributed by atoms with Gasteiger partial charge in [-0.2, -0.15) is 0 Å². The Morgan fingerprint density at radius 2 is 1.97 bits per heavy atom. The summed E-state index contributed by atoms with van der Waals surface area (Å²) >= 11 is 6.94. The van der Waals surface area contributed by atoms with Crippen molar-refractivity contribution in [2.24, 2.45) is 0 Å². The average Bonchev–Trinajstić information content (AvgIpc) is 3.40. The molecular formula is C26H19ClFN3O4S. The van der Waals surface area contributed by atoms with Crippen molar-refractivity contribution in [3.63, 3.8) is 0 Å². The monoisotopic (exact) mass is 523 g/mol. The smallest absolute Gasteiger partial charge is 0.301 e. The highest BCUT2D eigenvalue weighted by Gasteiger charge is 2.48. The Morgan fingerprint density at radius 1 is 1.19 bits per heavy atom. The van der Waals surface area contributed by atoms with Gasteiger partial charge in [-0.05, 0) is 55.0 Å². The number of aliphatic hydroxyl groups excluding tert-OH is 1. The van der Waals surface area contributed by atoms with E-state index in [0.29, 0.717) is 33.8 Å². The maximum Gasteiger partial charge on any atom is 0.301 e. The van der Waals surface area contributed by atoms with E-state index in [1.165, 1.54) is 23.2 Å². The van der Waals surface area contributed by atoms with Gasteiger partial charge in [0.1, 0.15) is 23.4 Å². The molecule has 1 atom stereocenters. The van der Waals surface area contributed by atoms with Crippen molar-refractivity contribution in [2.45, 2.75) is 19.4 Å². The maximum absolute atomic E-state index is 14.0. The summed E-state index contributed by atoms with van der Waals surface area (Å²) in [6.45, 7) is 2.54. The van der Waals surface area contributed by atoms with Gasteiger partial charge in [0.05, 0.1) is 33.1 Å². The van der Waals surface area contributed by atoms with Crippen LogP contribution in [0.3, 0.4) is 0 Å². The summed E-state index contributed by atoms with van der Waals surface area (Å²) in [5, 5.41) is 11.3. The quantitative estimate of drug-likeness (QED) is 0.192. The molecule has 2 aromatic heterocycles. The number of rotatable bonds is 6. The van der Waals surface area contributed by atoms with Crippen LogP contribution in [-0.2, 0) is 9.59 Å². The molecule has 0 bridgehead atoms. The molecule has 0 radical (unpaired) electrons. The summed E-state index contributed by atoms with van der Waals surface area (Å²) in [6, 6.07) is 13.2. The number of benzene rings is 2. The SMILES string of the molecule is CCCOc1ccc(/C(O)=C2\C(=O)C(=O)N(c3nc4cc(Cl)c(F)cc4s3)C2c2ccccn2)cc1. The minimum atomic E-state index is -1.04. The molecule has 1 amide bonds. The third kappa shape index (κ3) is 4.20. The number of nitrogens with zero attached hydrogens (tertiary/aromatic N) is 3. The fourth-order valence-electron chi connectivity index (χ4n) is 3.95. The number of ether oxygens (including phenoxy) is 1. The second-order valence-electron chi connectivity index (χ2n) is 8.03. The van der Waals surface area contributed by atoms with Crippen LogP contribution in [0.1, 0.15) is 30.6 Å². The fourth-order valence-corrected chi connectivity index (χ4v) is 5.10. The molecule has 1 fully saturated rings. The van der Waals surface area contributed by atoms with Crippen LogP contribution in [0.25, 0.3) is 16.0 Å². The number of halogens is 2. The Kier molecular flexibility index (Phi) is 6.42. The lowest BCUT2D eigenvalue weighted by molar-refractivity contribution is -0.132. The van der Waals surface area contributed by atoms with E-state index in [-0.39, 0.29) is 21.5 Å². The Bertz CT molecular complexity index is 1470. The molecule has 0 aliphatic carbocycles. The predicted octanol–water partition coefficient (Wildman–Crippen LogP) is 5.90. The number of carbonyl (C=O) groups excluding carboxylic acids is 2. The number of hydrogen-bond acceptors (Lipinski definition) is 7. The van der Waals surface area contributed by atoms with Gasteiger partial charge in [-0.15, -0.1) is 0 Å². The van der Waals surface area contributed by atoms with E-state index in [4.69, 9.17) is 16.3 Å². The average molecular weight is 524 g/mol. The summed E-state index contributed by atoms with van der Waals surface area (Å²) in [5.41, 5.74) is 0.968. The van der Waals surface area contributed by atoms with Crippen molar-refractivity contribution < 1.29 is 23.8 Å². The zero-order valence-electron chi connectivity index (χ0n) is 18.9. The molecule has 1 saturated heterocycles. The van der Waals surface area contributed by atoms with Crippen LogP contribution >= 0.6 is 22.9 Å². The third-order valence-electron chi connectivity index (χ3n) is 5.64. The lowest BCUT2D eigenvalue weighted by Crippen LogP contribution is -2.29. The van der Waals surface area contributed by atoms with Crippen molar-refractivity contribution in [3.8, 4) is 5.75 Å². The first-order chi connectivity index (χ1) is 17.4. The molecule has 10 heteroatoms. The van der Waals surface area contributed by atoms with E-state index in [2.05, 4.69) is 9.97 Å². The largest absolute Gasteiger partial charge is 0.507 e. The number of ketones is 1. The van der Waals surface area contributed by atoms with Crippen LogP contribution in [0.15, 0.2) is 66.4 Å². The van der Waals surface area contributed by atoms with Gasteiger partial charge >= 0.3 is 5.91 Å². The standard InChI is InChI=1S/C26H19ClFN3O4S/c1-2-11-35-15-8-6-14(7-9-15)23(32)21-22(18-5-3-4-10-29-18)31(25(34)24(21)33)26-30-19-12-16(27)17(28)13-20(19)36-26/h3-10,12-13,22,32H,2,11H2,1H3/b23-21+. The van der Waals surface area contributed by atoms with Crippen molar-refractivity contribution in [2.75, 3.05) is 11.5 Å². The van der Waals surface area contributed by atoms with Gasteiger partial charge in [0.15, 0.2) is 5.13 Å². The normalized spacial score (nSPS) is 17.2. The molecule has 36 heavy (non-hydrogen) atoms. The zero-order chi connectivity index (χ0) is 25.4. The number of anilines is 1. The maximum atomic E-state index is 14.0. The topological polar surface area (TPSA) is 92.6 Å². The third-order valence-corrected chi connectivity index (χ3v) is 6.95. The van der Waals surface area contributed by atoms with Gasteiger partial charge in [0.25, 0.3) is 5.78 Å². The predicted molar refractivity (Wildman–Crippen MR) is 136 cm³/mol. The highest BCUT2D eigenvalue weighted by Crippen LogP contribution is 2.44. The van der Waals surface area contributed by atoms with Crippen LogP contribution in [0, 0.1) is 5.82 Å². The van der Waals surface area contributed by atoms with Gasteiger partial charge in [-0.25, -0.2) is 9.37 Å². The zero-order valence-corrected chi connectivity index (χ0v) is 20.5. The number of fused-ring (bicyclic) bond motifs is 1. The first-order valence-corrected chi connectivity index (χ1v) is 12.3. The molecule has 1 unspecified atom stereocenters. The molecular weight excluding hydrogens is 505 g/mol. The first-order valence-electron chi connectivity index (χ1n) is 11.1. The minimum absolute atomic E-state index is 0.103. The molecule has 5 rings (SSSR count).